The second kappa shape index (κ2) is 21.6. The van der Waals surface area contributed by atoms with Crippen LogP contribution in [0.4, 0.5) is 0 Å². The van der Waals surface area contributed by atoms with Crippen LogP contribution in [0, 0.1) is 24.7 Å². The maximum Gasteiger partial charge on any atom is 0.0575 e. The Morgan fingerprint density at radius 1 is 0.810 bits per heavy atom. The number of hydrogen-bond donors (Lipinski definition) is 2. The van der Waals surface area contributed by atoms with E-state index in [1.165, 1.54) is 38.5 Å². The van der Waals surface area contributed by atoms with E-state index in [1.807, 2.05) is 0 Å². The zero-order chi connectivity index (χ0) is 15.6. The molecule has 2 N–H and O–H groups in total. The molecule has 0 aliphatic rings. The number of nitrogens with one attached hydrogen (secondary N) is 2. The van der Waals surface area contributed by atoms with Gasteiger partial charge in [-0.25, -0.2) is 0 Å². The average molecular weight is 315 g/mol. The van der Waals surface area contributed by atoms with Crippen LogP contribution < -0.4 is 10.6 Å². The molecule has 0 aromatic rings. The van der Waals surface area contributed by atoms with Crippen LogP contribution in [0.25, 0.3) is 0 Å². The molecule has 0 heterocycles. The molecule has 0 aliphatic heterocycles. The molecule has 0 aliphatic carbocycles. The van der Waals surface area contributed by atoms with Crippen molar-refractivity contribution >= 4 is 12.4 Å². The Labute approximate surface area is 139 Å². The van der Waals surface area contributed by atoms with E-state index in [0.717, 1.165) is 0 Å². The minimum Gasteiger partial charge on any atom is -0.304 e. The molecule has 0 rings (SSSR count). The summed E-state index contributed by atoms with van der Waals surface area (Å²) in [6.07, 6.45) is 17.8. The Morgan fingerprint density at radius 3 is 1.38 bits per heavy atom. The lowest BCUT2D eigenvalue weighted by Gasteiger charge is -2.09. The van der Waals surface area contributed by atoms with Gasteiger partial charge in [-0.3, -0.25) is 0 Å². The molecule has 0 radical (unpaired) electrons. The molecular formula is C18H35ClN2. The molecule has 0 amide bonds. The maximum absolute atomic E-state index is 5.09. The van der Waals surface area contributed by atoms with Crippen molar-refractivity contribution in [3.05, 3.63) is 0 Å². The van der Waals surface area contributed by atoms with E-state index in [-0.39, 0.29) is 12.4 Å². The van der Waals surface area contributed by atoms with Gasteiger partial charge in [-0.1, -0.05) is 51.4 Å². The van der Waals surface area contributed by atoms with E-state index >= 15 is 0 Å². The standard InChI is InChI=1S/2C9H17N.ClH/c2*1-4-6-7-9(3)10-8-5-2;/h2*2,9-10H,4,6-8H2,1,3H3;1H/t2*9-;/m11./s1. The van der Waals surface area contributed by atoms with Crippen molar-refractivity contribution in [3.63, 3.8) is 0 Å². The topological polar surface area (TPSA) is 24.1 Å². The van der Waals surface area contributed by atoms with Gasteiger partial charge in [0.15, 0.2) is 0 Å². The van der Waals surface area contributed by atoms with Crippen LogP contribution in [0.2, 0.25) is 0 Å². The predicted octanol–water partition coefficient (Wildman–Crippen LogP) is 4.00. The number of unbranched alkanes of at least 4 members (excludes halogenated alkanes) is 2. The summed E-state index contributed by atoms with van der Waals surface area (Å²) in [4.78, 5) is 0. The van der Waals surface area contributed by atoms with Crippen molar-refractivity contribution in [2.24, 2.45) is 0 Å². The Hall–Kier alpha value is -0.670. The molecule has 2 atom stereocenters. The molecule has 0 aromatic carbocycles. The molecule has 0 saturated heterocycles. The Bertz CT molecular complexity index is 237. The summed E-state index contributed by atoms with van der Waals surface area (Å²) in [6.45, 7) is 10.2. The van der Waals surface area contributed by atoms with Gasteiger partial charge in [-0.15, -0.1) is 25.3 Å². The molecule has 0 unspecified atom stereocenters. The van der Waals surface area contributed by atoms with Crippen molar-refractivity contribution in [3.8, 4) is 24.7 Å². The fourth-order valence-electron chi connectivity index (χ4n) is 1.69. The van der Waals surface area contributed by atoms with Gasteiger partial charge < -0.3 is 10.6 Å². The van der Waals surface area contributed by atoms with Crippen LogP contribution >= 0.6 is 12.4 Å². The van der Waals surface area contributed by atoms with E-state index in [2.05, 4.69) is 50.2 Å². The summed E-state index contributed by atoms with van der Waals surface area (Å²) in [5.74, 6) is 5.13. The van der Waals surface area contributed by atoms with Crippen molar-refractivity contribution in [1.82, 2.24) is 10.6 Å². The summed E-state index contributed by atoms with van der Waals surface area (Å²) >= 11 is 0. The van der Waals surface area contributed by atoms with E-state index in [0.29, 0.717) is 25.2 Å². The lowest BCUT2D eigenvalue weighted by molar-refractivity contribution is 0.522. The molecule has 3 heteroatoms. The van der Waals surface area contributed by atoms with E-state index < -0.39 is 0 Å². The summed E-state index contributed by atoms with van der Waals surface area (Å²) in [5, 5.41) is 6.46. The van der Waals surface area contributed by atoms with Crippen molar-refractivity contribution in [1.29, 1.82) is 0 Å². The zero-order valence-electron chi connectivity index (χ0n) is 14.4. The molecular weight excluding hydrogens is 280 g/mol. The van der Waals surface area contributed by atoms with Gasteiger partial charge in [-0.2, -0.15) is 0 Å². The average Bonchev–Trinajstić information content (AvgIpc) is 2.47. The van der Waals surface area contributed by atoms with Gasteiger partial charge in [0.05, 0.1) is 13.1 Å². The quantitative estimate of drug-likeness (QED) is 0.596. The van der Waals surface area contributed by atoms with Gasteiger partial charge in [0.2, 0.25) is 0 Å². The third kappa shape index (κ3) is 24.7. The van der Waals surface area contributed by atoms with Crippen LogP contribution in [0.15, 0.2) is 0 Å². The maximum atomic E-state index is 5.09. The van der Waals surface area contributed by atoms with Crippen molar-refractivity contribution in [2.45, 2.75) is 78.3 Å². The lowest BCUT2D eigenvalue weighted by Crippen LogP contribution is -2.25. The summed E-state index contributed by atoms with van der Waals surface area (Å²) in [6, 6.07) is 1.16. The number of halogens is 1. The minimum absolute atomic E-state index is 0. The van der Waals surface area contributed by atoms with Crippen LogP contribution in [-0.4, -0.2) is 25.2 Å². The third-order valence-corrected chi connectivity index (χ3v) is 3.09. The highest BCUT2D eigenvalue weighted by molar-refractivity contribution is 5.85. The molecule has 2 nitrogen and oxygen atoms in total. The fourth-order valence-corrected chi connectivity index (χ4v) is 1.69. The highest BCUT2D eigenvalue weighted by atomic mass is 35.5. The summed E-state index contributed by atoms with van der Waals surface area (Å²) in [7, 11) is 0. The first kappa shape index (κ1) is 25.3. The summed E-state index contributed by atoms with van der Waals surface area (Å²) in [5.41, 5.74) is 0. The van der Waals surface area contributed by atoms with Crippen LogP contribution in [-0.2, 0) is 0 Å². The van der Waals surface area contributed by atoms with Gasteiger partial charge in [-0.05, 0) is 26.7 Å². The van der Waals surface area contributed by atoms with Crippen LogP contribution in [0.1, 0.15) is 66.2 Å². The molecule has 0 saturated carbocycles. The molecule has 0 aromatic heterocycles. The first-order chi connectivity index (χ1) is 9.62. The minimum atomic E-state index is 0. The van der Waals surface area contributed by atoms with E-state index in [4.69, 9.17) is 12.8 Å². The van der Waals surface area contributed by atoms with Gasteiger partial charge >= 0.3 is 0 Å². The van der Waals surface area contributed by atoms with Gasteiger partial charge in [0, 0.05) is 12.1 Å². The zero-order valence-corrected chi connectivity index (χ0v) is 15.2. The largest absolute Gasteiger partial charge is 0.304 e. The lowest BCUT2D eigenvalue weighted by atomic mass is 10.1. The Balaban J connectivity index is -0.000000295. The summed E-state index contributed by atoms with van der Waals surface area (Å²) < 4.78 is 0. The van der Waals surface area contributed by atoms with Crippen LogP contribution in [0.5, 0.6) is 0 Å². The highest BCUT2D eigenvalue weighted by Gasteiger charge is 1.97. The molecule has 0 spiro atoms. The van der Waals surface area contributed by atoms with Gasteiger partial charge in [0.1, 0.15) is 0 Å². The SMILES string of the molecule is C#CCN[C@H](C)CCCC.C#CCN[C@H](C)CCCC.Cl. The first-order valence-corrected chi connectivity index (χ1v) is 7.95. The van der Waals surface area contributed by atoms with Crippen molar-refractivity contribution in [2.75, 3.05) is 13.1 Å². The molecule has 124 valence electrons. The highest BCUT2D eigenvalue weighted by Crippen LogP contribution is 1.98. The van der Waals surface area contributed by atoms with Crippen LogP contribution in [0.3, 0.4) is 0 Å². The third-order valence-electron chi connectivity index (χ3n) is 3.09. The predicted molar refractivity (Wildman–Crippen MR) is 98.9 cm³/mol. The fraction of sp³-hybridized carbons (Fsp3) is 0.778. The molecule has 0 fully saturated rings. The van der Waals surface area contributed by atoms with E-state index in [9.17, 15) is 0 Å². The monoisotopic (exact) mass is 314 g/mol. The van der Waals surface area contributed by atoms with E-state index in [1.54, 1.807) is 0 Å². The Morgan fingerprint density at radius 2 is 1.14 bits per heavy atom. The first-order valence-electron chi connectivity index (χ1n) is 7.95. The Kier molecular flexibility index (Phi) is 26.0. The van der Waals surface area contributed by atoms with Crippen molar-refractivity contribution < 1.29 is 0 Å². The normalized spacial score (nSPS) is 11.9. The number of rotatable bonds is 10. The molecule has 21 heavy (non-hydrogen) atoms. The van der Waals surface area contributed by atoms with Gasteiger partial charge in [0.25, 0.3) is 0 Å². The number of hydrogen-bond acceptors (Lipinski definition) is 2. The second-order valence-electron chi connectivity index (χ2n) is 5.26. The number of terminal acetylenes is 2. The molecule has 0 bridgehead atoms. The second-order valence-corrected chi connectivity index (χ2v) is 5.26. The smallest absolute Gasteiger partial charge is 0.0575 e.